The second-order valence-corrected chi connectivity index (χ2v) is 6.39. The molecule has 1 aliphatic rings. The van der Waals surface area contributed by atoms with Gasteiger partial charge in [0.2, 0.25) is 5.91 Å². The number of benzene rings is 1. The number of halogens is 2. The summed E-state index contributed by atoms with van der Waals surface area (Å²) in [5.74, 6) is -0.0644. The molecule has 0 bridgehead atoms. The molecule has 0 aliphatic carbocycles. The molecule has 2 rings (SSSR count). The van der Waals surface area contributed by atoms with Gasteiger partial charge >= 0.3 is 0 Å². The number of carbonyl (C=O) groups is 1. The predicted molar refractivity (Wildman–Crippen MR) is 89.7 cm³/mol. The van der Waals surface area contributed by atoms with Crippen molar-refractivity contribution in [3.8, 4) is 0 Å². The first-order valence-corrected chi connectivity index (χ1v) is 7.71. The summed E-state index contributed by atoms with van der Waals surface area (Å²) in [4.78, 5) is 12.3. The molecule has 0 spiro atoms. The highest BCUT2D eigenvalue weighted by Gasteiger charge is 2.36. The molecular formula is C15H22BrClN2O2. The predicted octanol–water partition coefficient (Wildman–Crippen LogP) is 2.43. The maximum absolute atomic E-state index is 12.3. The van der Waals surface area contributed by atoms with E-state index in [1.54, 1.807) is 0 Å². The highest BCUT2D eigenvalue weighted by atomic mass is 79.9. The fourth-order valence-corrected chi connectivity index (χ4v) is 2.62. The van der Waals surface area contributed by atoms with Crippen LogP contribution in [0.1, 0.15) is 25.3 Å². The lowest BCUT2D eigenvalue weighted by Gasteiger charge is -2.33. The zero-order valence-electron chi connectivity index (χ0n) is 12.1. The molecular weight excluding hydrogens is 356 g/mol. The number of carbonyl (C=O) groups excluding carboxylic acids is 1. The number of amides is 1. The van der Waals surface area contributed by atoms with Crippen molar-refractivity contribution in [1.82, 2.24) is 5.32 Å². The smallest absolute Gasteiger partial charge is 0.240 e. The van der Waals surface area contributed by atoms with Crippen LogP contribution < -0.4 is 11.1 Å². The molecule has 0 aromatic heterocycles. The van der Waals surface area contributed by atoms with Gasteiger partial charge < -0.3 is 15.8 Å². The number of hydrogen-bond acceptors (Lipinski definition) is 3. The summed E-state index contributed by atoms with van der Waals surface area (Å²) < 4.78 is 6.32. The average molecular weight is 378 g/mol. The highest BCUT2D eigenvalue weighted by Crippen LogP contribution is 2.18. The monoisotopic (exact) mass is 376 g/mol. The van der Waals surface area contributed by atoms with Gasteiger partial charge in [-0.1, -0.05) is 28.1 Å². The van der Waals surface area contributed by atoms with E-state index in [4.69, 9.17) is 10.5 Å². The maximum Gasteiger partial charge on any atom is 0.240 e. The zero-order chi connectivity index (χ0) is 14.6. The Hall–Kier alpha value is -0.620. The molecule has 21 heavy (non-hydrogen) atoms. The van der Waals surface area contributed by atoms with Gasteiger partial charge in [0, 0.05) is 23.7 Å². The van der Waals surface area contributed by atoms with Gasteiger partial charge in [-0.05, 0) is 43.9 Å². The zero-order valence-corrected chi connectivity index (χ0v) is 14.5. The van der Waals surface area contributed by atoms with E-state index >= 15 is 0 Å². The Labute approximate surface area is 140 Å². The van der Waals surface area contributed by atoms with E-state index in [1.165, 1.54) is 5.56 Å². The van der Waals surface area contributed by atoms with Crippen molar-refractivity contribution in [2.45, 2.75) is 37.8 Å². The van der Waals surface area contributed by atoms with Crippen LogP contribution in [0, 0.1) is 0 Å². The molecule has 1 amide bonds. The summed E-state index contributed by atoms with van der Waals surface area (Å²) in [6, 6.07) is 8.19. The van der Waals surface area contributed by atoms with Crippen LogP contribution in [-0.2, 0) is 16.0 Å². The van der Waals surface area contributed by atoms with Gasteiger partial charge in [-0.2, -0.15) is 0 Å². The second kappa shape index (κ2) is 8.13. The molecule has 1 aromatic carbocycles. The molecule has 0 saturated carbocycles. The number of hydrogen-bond donors (Lipinski definition) is 2. The molecule has 118 valence electrons. The molecule has 6 heteroatoms. The summed E-state index contributed by atoms with van der Waals surface area (Å²) in [7, 11) is 0. The molecule has 1 aliphatic heterocycles. The van der Waals surface area contributed by atoms with Crippen LogP contribution in [0.25, 0.3) is 0 Å². The van der Waals surface area contributed by atoms with Crippen molar-refractivity contribution in [1.29, 1.82) is 0 Å². The SMILES string of the molecule is CC(Cc1ccc(Br)cc1)NC(=O)C1(N)CCOCC1.Cl. The highest BCUT2D eigenvalue weighted by molar-refractivity contribution is 9.10. The summed E-state index contributed by atoms with van der Waals surface area (Å²) in [5.41, 5.74) is 6.59. The van der Waals surface area contributed by atoms with Gasteiger partial charge in [0.05, 0.1) is 5.54 Å². The lowest BCUT2D eigenvalue weighted by molar-refractivity contribution is -0.130. The summed E-state index contributed by atoms with van der Waals surface area (Å²) in [6.07, 6.45) is 1.97. The Bertz CT molecular complexity index is 461. The maximum atomic E-state index is 12.3. The van der Waals surface area contributed by atoms with Gasteiger partial charge in [0.25, 0.3) is 0 Å². The molecule has 1 heterocycles. The van der Waals surface area contributed by atoms with Crippen LogP contribution in [0.3, 0.4) is 0 Å². The third kappa shape index (κ3) is 5.25. The minimum atomic E-state index is -0.772. The van der Waals surface area contributed by atoms with Crippen LogP contribution in [0.5, 0.6) is 0 Å². The minimum absolute atomic E-state index is 0. The summed E-state index contributed by atoms with van der Waals surface area (Å²) >= 11 is 3.41. The van der Waals surface area contributed by atoms with Gasteiger partial charge in [-0.25, -0.2) is 0 Å². The fraction of sp³-hybridized carbons (Fsp3) is 0.533. The van der Waals surface area contributed by atoms with E-state index in [1.807, 2.05) is 19.1 Å². The fourth-order valence-electron chi connectivity index (χ4n) is 2.36. The lowest BCUT2D eigenvalue weighted by Crippen LogP contribution is -2.58. The third-order valence-corrected chi connectivity index (χ3v) is 4.20. The number of nitrogens with one attached hydrogen (secondary N) is 1. The van der Waals surface area contributed by atoms with E-state index < -0.39 is 5.54 Å². The first kappa shape index (κ1) is 18.4. The Morgan fingerprint density at radius 2 is 1.95 bits per heavy atom. The van der Waals surface area contributed by atoms with Crippen LogP contribution in [0.2, 0.25) is 0 Å². The van der Waals surface area contributed by atoms with Crippen LogP contribution >= 0.6 is 28.3 Å². The lowest BCUT2D eigenvalue weighted by atomic mass is 9.90. The van der Waals surface area contributed by atoms with E-state index in [9.17, 15) is 4.79 Å². The average Bonchev–Trinajstić information content (AvgIpc) is 2.42. The quantitative estimate of drug-likeness (QED) is 0.847. The Morgan fingerprint density at radius 1 is 1.38 bits per heavy atom. The van der Waals surface area contributed by atoms with E-state index in [2.05, 4.69) is 33.4 Å². The Kier molecular flexibility index (Phi) is 7.13. The number of nitrogens with two attached hydrogens (primary N) is 1. The van der Waals surface area contributed by atoms with Crippen molar-refractivity contribution in [3.63, 3.8) is 0 Å². The van der Waals surface area contributed by atoms with Gasteiger partial charge in [-0.3, -0.25) is 4.79 Å². The summed E-state index contributed by atoms with van der Waals surface area (Å²) in [6.45, 7) is 3.12. The first-order valence-electron chi connectivity index (χ1n) is 6.92. The molecule has 1 unspecified atom stereocenters. The van der Waals surface area contributed by atoms with Gasteiger partial charge in [-0.15, -0.1) is 12.4 Å². The van der Waals surface area contributed by atoms with Crippen molar-refractivity contribution in [3.05, 3.63) is 34.3 Å². The van der Waals surface area contributed by atoms with Crippen molar-refractivity contribution >= 4 is 34.2 Å². The molecule has 1 atom stereocenters. The van der Waals surface area contributed by atoms with Gasteiger partial charge in [0.1, 0.15) is 0 Å². The summed E-state index contributed by atoms with van der Waals surface area (Å²) in [5, 5.41) is 3.02. The molecule has 3 N–H and O–H groups in total. The van der Waals surface area contributed by atoms with E-state index in [0.717, 1.165) is 10.9 Å². The van der Waals surface area contributed by atoms with Gasteiger partial charge in [0.15, 0.2) is 0 Å². The normalized spacial score (nSPS) is 18.4. The molecule has 0 radical (unpaired) electrons. The number of ether oxygens (including phenoxy) is 1. The van der Waals surface area contributed by atoms with Crippen LogP contribution in [-0.4, -0.2) is 30.7 Å². The van der Waals surface area contributed by atoms with E-state index in [-0.39, 0.29) is 24.4 Å². The Morgan fingerprint density at radius 3 is 2.52 bits per heavy atom. The van der Waals surface area contributed by atoms with E-state index in [0.29, 0.717) is 26.1 Å². The molecule has 4 nitrogen and oxygen atoms in total. The standard InChI is InChI=1S/C15H21BrN2O2.ClH/c1-11(10-12-2-4-13(16)5-3-12)18-14(19)15(17)6-8-20-9-7-15;/h2-5,11H,6-10,17H2,1H3,(H,18,19);1H. The molecule has 1 fully saturated rings. The third-order valence-electron chi connectivity index (χ3n) is 3.67. The first-order chi connectivity index (χ1) is 9.49. The topological polar surface area (TPSA) is 64.4 Å². The Balaban J connectivity index is 0.00000220. The minimum Gasteiger partial charge on any atom is -0.381 e. The van der Waals surface area contributed by atoms with Crippen molar-refractivity contribution in [2.24, 2.45) is 5.73 Å². The largest absolute Gasteiger partial charge is 0.381 e. The molecule has 1 saturated heterocycles. The van der Waals surface area contributed by atoms with Crippen molar-refractivity contribution < 1.29 is 9.53 Å². The van der Waals surface area contributed by atoms with Crippen molar-refractivity contribution in [2.75, 3.05) is 13.2 Å². The second-order valence-electron chi connectivity index (χ2n) is 5.47. The van der Waals surface area contributed by atoms with Crippen LogP contribution in [0.4, 0.5) is 0 Å². The molecule has 1 aromatic rings. The van der Waals surface area contributed by atoms with Crippen LogP contribution in [0.15, 0.2) is 28.7 Å². The number of rotatable bonds is 4.